The zero-order chi connectivity index (χ0) is 4.12. The molecule has 0 radical (unpaired) electrons. The van der Waals surface area contributed by atoms with Crippen LogP contribution < -0.4 is 24.8 Å². The minimum Gasteiger partial charge on any atom is -1.00 e. The molecule has 0 bridgehead atoms. The topological polar surface area (TPSA) is 0 Å². The molecular formula is C5H8Cl2Zr. The Labute approximate surface area is 82.4 Å². The number of allylic oxidation sites excluding steroid dienone is 3. The third-order valence-corrected chi connectivity index (χ3v) is 0.329. The van der Waals surface area contributed by atoms with Crippen LogP contribution in [-0.4, -0.2) is 0 Å². The Morgan fingerprint density at radius 1 is 1.25 bits per heavy atom. The summed E-state index contributed by atoms with van der Waals surface area (Å²) in [6.45, 7) is 5.42. The van der Waals surface area contributed by atoms with Gasteiger partial charge < -0.3 is 24.8 Å². The summed E-state index contributed by atoms with van der Waals surface area (Å²) in [6, 6.07) is 0. The molecule has 0 unspecified atom stereocenters. The predicted molar refractivity (Wildman–Crippen MR) is 25.0 cm³/mol. The van der Waals surface area contributed by atoms with E-state index < -0.39 is 0 Å². The van der Waals surface area contributed by atoms with Crippen LogP contribution in [-0.2, 0) is 26.2 Å². The maximum atomic E-state index is 3.46. The molecule has 0 rings (SSSR count). The van der Waals surface area contributed by atoms with Gasteiger partial charge in [-0.1, -0.05) is 24.8 Å². The minimum absolute atomic E-state index is 0. The number of hydrogen-bond donors (Lipinski definition) is 0. The Morgan fingerprint density at radius 3 is 1.62 bits per heavy atom. The van der Waals surface area contributed by atoms with Crippen molar-refractivity contribution in [1.82, 2.24) is 0 Å². The number of rotatable bonds is 1. The molecule has 3 heteroatoms. The molecule has 0 aromatic heterocycles. The molecule has 0 heterocycles. The Balaban J connectivity index is -0.0000000267. The average molecular weight is 230 g/mol. The molecule has 0 saturated carbocycles. The third-order valence-electron chi connectivity index (χ3n) is 0.329. The third kappa shape index (κ3) is 28.3. The minimum atomic E-state index is 0. The molecule has 0 aromatic rings. The van der Waals surface area contributed by atoms with Crippen LogP contribution >= 0.6 is 0 Å². The monoisotopic (exact) mass is 228 g/mol. The van der Waals surface area contributed by atoms with Crippen LogP contribution in [0.1, 0.15) is 6.92 Å². The molecule has 0 aliphatic carbocycles. The van der Waals surface area contributed by atoms with Gasteiger partial charge in [-0.3, -0.25) is 0 Å². The Kier molecular flexibility index (Phi) is 71.1. The van der Waals surface area contributed by atoms with Crippen molar-refractivity contribution in [2.75, 3.05) is 0 Å². The quantitative estimate of drug-likeness (QED) is 0.400. The van der Waals surface area contributed by atoms with Crippen molar-refractivity contribution in [2.45, 2.75) is 6.92 Å². The van der Waals surface area contributed by atoms with Gasteiger partial charge in [0, 0.05) is 0 Å². The Hall–Kier alpha value is 0.943. The maximum absolute atomic E-state index is 3.46. The normalized spacial score (nSPS) is 5.62. The Bertz CT molecular complexity index is 52.4. The first-order valence-corrected chi connectivity index (χ1v) is 1.65. The van der Waals surface area contributed by atoms with Crippen molar-refractivity contribution >= 4 is 0 Å². The van der Waals surface area contributed by atoms with E-state index >= 15 is 0 Å². The molecule has 8 heavy (non-hydrogen) atoms. The molecule has 0 aliphatic heterocycles. The number of halogens is 2. The predicted octanol–water partition coefficient (Wildman–Crippen LogP) is -4.25. The molecule has 0 aliphatic rings. The van der Waals surface area contributed by atoms with E-state index in [0.29, 0.717) is 0 Å². The van der Waals surface area contributed by atoms with Crippen molar-refractivity contribution in [3.8, 4) is 0 Å². The van der Waals surface area contributed by atoms with Crippen molar-refractivity contribution in [3.63, 3.8) is 0 Å². The molecule has 0 fully saturated rings. The number of hydrogen-bond acceptors (Lipinski definition) is 0. The van der Waals surface area contributed by atoms with Crippen molar-refractivity contribution < 1.29 is 51.0 Å². The van der Waals surface area contributed by atoms with Crippen molar-refractivity contribution in [3.05, 3.63) is 24.8 Å². The molecular weight excluding hydrogens is 222 g/mol. The standard InChI is InChI=1S/C5H8.2ClH.Zr/c1-3-5-4-2;;;/h3-5H,1H2,2H3;2*1H;/q;;;+2/p-2. The van der Waals surface area contributed by atoms with E-state index in [-0.39, 0.29) is 51.0 Å². The van der Waals surface area contributed by atoms with Gasteiger partial charge >= 0.3 is 26.2 Å². The van der Waals surface area contributed by atoms with Gasteiger partial charge in [0.1, 0.15) is 0 Å². The van der Waals surface area contributed by atoms with Crippen LogP contribution in [0, 0.1) is 0 Å². The molecule has 0 nitrogen and oxygen atoms in total. The fraction of sp³-hybridized carbons (Fsp3) is 0.200. The van der Waals surface area contributed by atoms with Crippen LogP contribution in [0.5, 0.6) is 0 Å². The van der Waals surface area contributed by atoms with Crippen molar-refractivity contribution in [1.29, 1.82) is 0 Å². The van der Waals surface area contributed by atoms with E-state index in [9.17, 15) is 0 Å². The summed E-state index contributed by atoms with van der Waals surface area (Å²) in [5, 5.41) is 0. The van der Waals surface area contributed by atoms with Gasteiger partial charge in [0.25, 0.3) is 0 Å². The van der Waals surface area contributed by atoms with Crippen molar-refractivity contribution in [2.24, 2.45) is 0 Å². The first kappa shape index (κ1) is 23.1. The van der Waals surface area contributed by atoms with Crippen LogP contribution in [0.15, 0.2) is 24.8 Å². The second-order valence-corrected chi connectivity index (χ2v) is 0.761. The average Bonchev–Trinajstić information content (AvgIpc) is 1.41. The smallest absolute Gasteiger partial charge is 1.00 e. The van der Waals surface area contributed by atoms with Gasteiger partial charge in [0.15, 0.2) is 0 Å². The summed E-state index contributed by atoms with van der Waals surface area (Å²) in [7, 11) is 0. The zero-order valence-corrected chi connectivity index (χ0v) is 8.66. The van der Waals surface area contributed by atoms with Crippen LogP contribution in [0.2, 0.25) is 0 Å². The summed E-state index contributed by atoms with van der Waals surface area (Å²) >= 11 is 0. The van der Waals surface area contributed by atoms with Gasteiger partial charge in [-0.2, -0.15) is 0 Å². The van der Waals surface area contributed by atoms with Gasteiger partial charge in [-0.05, 0) is 6.92 Å². The largest absolute Gasteiger partial charge is 2.00 e. The maximum Gasteiger partial charge on any atom is 2.00 e. The van der Waals surface area contributed by atoms with Crippen LogP contribution in [0.25, 0.3) is 0 Å². The van der Waals surface area contributed by atoms with E-state index in [2.05, 4.69) is 6.58 Å². The van der Waals surface area contributed by atoms with Gasteiger partial charge in [0.05, 0.1) is 0 Å². The van der Waals surface area contributed by atoms with Crippen LogP contribution in [0.3, 0.4) is 0 Å². The fourth-order valence-electron chi connectivity index (χ4n) is 0.136. The molecule has 0 N–H and O–H groups in total. The van der Waals surface area contributed by atoms with E-state index in [1.54, 1.807) is 6.08 Å². The second-order valence-electron chi connectivity index (χ2n) is 0.761. The fourth-order valence-corrected chi connectivity index (χ4v) is 0.136. The van der Waals surface area contributed by atoms with Gasteiger partial charge in [-0.15, -0.1) is 0 Å². The first-order valence-electron chi connectivity index (χ1n) is 1.65. The molecule has 46 valence electrons. The molecule has 0 spiro atoms. The summed E-state index contributed by atoms with van der Waals surface area (Å²) in [5.41, 5.74) is 0. The molecule has 0 amide bonds. The van der Waals surface area contributed by atoms with Gasteiger partial charge in [0.2, 0.25) is 0 Å². The van der Waals surface area contributed by atoms with Crippen LogP contribution in [0.4, 0.5) is 0 Å². The second kappa shape index (κ2) is 24.6. The first-order chi connectivity index (χ1) is 2.41. The van der Waals surface area contributed by atoms with E-state index in [1.807, 2.05) is 19.1 Å². The van der Waals surface area contributed by atoms with E-state index in [0.717, 1.165) is 0 Å². The summed E-state index contributed by atoms with van der Waals surface area (Å²) < 4.78 is 0. The van der Waals surface area contributed by atoms with E-state index in [4.69, 9.17) is 0 Å². The summed E-state index contributed by atoms with van der Waals surface area (Å²) in [6.07, 6.45) is 5.58. The zero-order valence-electron chi connectivity index (χ0n) is 4.70. The molecule has 0 saturated heterocycles. The molecule has 0 atom stereocenters. The summed E-state index contributed by atoms with van der Waals surface area (Å²) in [5.74, 6) is 0. The van der Waals surface area contributed by atoms with Gasteiger partial charge in [-0.25, -0.2) is 0 Å². The molecule has 0 aromatic carbocycles. The SMILES string of the molecule is C=CC=CC.[Cl-].[Cl-].[Zr+2]. The van der Waals surface area contributed by atoms with E-state index in [1.165, 1.54) is 0 Å². The summed E-state index contributed by atoms with van der Waals surface area (Å²) in [4.78, 5) is 0. The Morgan fingerprint density at radius 2 is 1.62 bits per heavy atom.